The van der Waals surface area contributed by atoms with Crippen molar-refractivity contribution < 1.29 is 19.1 Å². The van der Waals surface area contributed by atoms with E-state index in [-0.39, 0.29) is 12.0 Å². The SMILES string of the molecule is COc1cc(Cl)c(C)cc1NC(=O)C(C)OC(=O)c1cc(C(C)C)nc2c1cnn2C(C)C. The highest BCUT2D eigenvalue weighted by molar-refractivity contribution is 6.31. The van der Waals surface area contributed by atoms with Gasteiger partial charge in [0.2, 0.25) is 0 Å². The molecule has 3 aromatic rings. The molecular weight excluding hydrogens is 444 g/mol. The largest absolute Gasteiger partial charge is 0.495 e. The number of nitrogens with zero attached hydrogens (tertiary/aromatic N) is 3. The summed E-state index contributed by atoms with van der Waals surface area (Å²) in [5.41, 5.74) is 2.91. The number of esters is 1. The first-order chi connectivity index (χ1) is 15.5. The van der Waals surface area contributed by atoms with Gasteiger partial charge < -0.3 is 14.8 Å². The smallest absolute Gasteiger partial charge is 0.339 e. The van der Waals surface area contributed by atoms with Crippen LogP contribution in [0.25, 0.3) is 11.0 Å². The van der Waals surface area contributed by atoms with E-state index in [9.17, 15) is 9.59 Å². The summed E-state index contributed by atoms with van der Waals surface area (Å²) < 4.78 is 12.6. The Kier molecular flexibility index (Phi) is 7.27. The summed E-state index contributed by atoms with van der Waals surface area (Å²) >= 11 is 6.13. The molecule has 2 heterocycles. The zero-order valence-electron chi connectivity index (χ0n) is 19.9. The molecule has 0 aliphatic carbocycles. The fourth-order valence-electron chi connectivity index (χ4n) is 3.32. The molecule has 1 unspecified atom stereocenters. The van der Waals surface area contributed by atoms with Gasteiger partial charge in [0.05, 0.1) is 29.9 Å². The van der Waals surface area contributed by atoms with Gasteiger partial charge in [0.15, 0.2) is 11.8 Å². The quantitative estimate of drug-likeness (QED) is 0.469. The van der Waals surface area contributed by atoms with Gasteiger partial charge in [-0.2, -0.15) is 5.10 Å². The second kappa shape index (κ2) is 9.79. The van der Waals surface area contributed by atoms with E-state index in [0.29, 0.717) is 33.1 Å². The van der Waals surface area contributed by atoms with Gasteiger partial charge in [-0.1, -0.05) is 25.4 Å². The lowest BCUT2D eigenvalue weighted by Crippen LogP contribution is -2.30. The Hall–Kier alpha value is -3.13. The van der Waals surface area contributed by atoms with Crippen LogP contribution in [0.1, 0.15) is 68.2 Å². The first-order valence-corrected chi connectivity index (χ1v) is 11.1. The molecule has 0 aliphatic rings. The highest BCUT2D eigenvalue weighted by atomic mass is 35.5. The number of benzene rings is 1. The van der Waals surface area contributed by atoms with Crippen LogP contribution >= 0.6 is 11.6 Å². The fourth-order valence-corrected chi connectivity index (χ4v) is 3.48. The van der Waals surface area contributed by atoms with E-state index in [1.54, 1.807) is 29.1 Å². The minimum absolute atomic E-state index is 0.0730. The number of ether oxygens (including phenoxy) is 2. The van der Waals surface area contributed by atoms with Crippen molar-refractivity contribution in [2.24, 2.45) is 0 Å². The third-order valence-corrected chi connectivity index (χ3v) is 5.69. The van der Waals surface area contributed by atoms with E-state index in [2.05, 4.69) is 10.4 Å². The predicted molar refractivity (Wildman–Crippen MR) is 128 cm³/mol. The molecule has 1 aromatic carbocycles. The molecular formula is C24H29ClN4O4. The summed E-state index contributed by atoms with van der Waals surface area (Å²) in [5, 5.41) is 8.23. The van der Waals surface area contributed by atoms with Gasteiger partial charge in [-0.25, -0.2) is 14.5 Å². The third-order valence-electron chi connectivity index (χ3n) is 5.28. The minimum Gasteiger partial charge on any atom is -0.495 e. The zero-order valence-corrected chi connectivity index (χ0v) is 20.6. The van der Waals surface area contributed by atoms with Crippen molar-refractivity contribution in [3.05, 3.63) is 46.2 Å². The van der Waals surface area contributed by atoms with Crippen molar-refractivity contribution >= 4 is 40.2 Å². The second-order valence-electron chi connectivity index (χ2n) is 8.51. The van der Waals surface area contributed by atoms with E-state index in [4.69, 9.17) is 26.1 Å². The van der Waals surface area contributed by atoms with Crippen molar-refractivity contribution in [3.8, 4) is 5.75 Å². The van der Waals surface area contributed by atoms with Crippen LogP contribution in [0.3, 0.4) is 0 Å². The summed E-state index contributed by atoms with van der Waals surface area (Å²) in [6.07, 6.45) is 0.554. The molecule has 33 heavy (non-hydrogen) atoms. The predicted octanol–water partition coefficient (Wildman–Crippen LogP) is 5.29. The molecule has 0 fully saturated rings. The normalized spacial score (nSPS) is 12.3. The number of aromatic nitrogens is 3. The average Bonchev–Trinajstić information content (AvgIpc) is 3.19. The number of fused-ring (bicyclic) bond motifs is 1. The molecule has 0 radical (unpaired) electrons. The van der Waals surface area contributed by atoms with Gasteiger partial charge in [-0.15, -0.1) is 0 Å². The Morgan fingerprint density at radius 1 is 1.12 bits per heavy atom. The molecule has 0 spiro atoms. The highest BCUT2D eigenvalue weighted by Crippen LogP contribution is 2.31. The van der Waals surface area contributed by atoms with Crippen LogP contribution in [0.4, 0.5) is 5.69 Å². The maximum Gasteiger partial charge on any atom is 0.339 e. The van der Waals surface area contributed by atoms with E-state index >= 15 is 0 Å². The number of carbonyl (C=O) groups is 2. The van der Waals surface area contributed by atoms with Crippen LogP contribution in [0, 0.1) is 6.92 Å². The van der Waals surface area contributed by atoms with E-state index < -0.39 is 18.0 Å². The van der Waals surface area contributed by atoms with Gasteiger partial charge in [0.1, 0.15) is 5.75 Å². The molecule has 8 nitrogen and oxygen atoms in total. The first-order valence-electron chi connectivity index (χ1n) is 10.8. The van der Waals surface area contributed by atoms with Crippen molar-refractivity contribution in [2.45, 2.75) is 59.6 Å². The molecule has 0 saturated carbocycles. The summed E-state index contributed by atoms with van der Waals surface area (Å²) in [7, 11) is 1.48. The maximum absolute atomic E-state index is 13.1. The van der Waals surface area contributed by atoms with Gasteiger partial charge in [0, 0.05) is 22.8 Å². The topological polar surface area (TPSA) is 95.3 Å². The second-order valence-corrected chi connectivity index (χ2v) is 8.92. The Balaban J connectivity index is 1.86. The van der Waals surface area contributed by atoms with Crippen LogP contribution in [0.5, 0.6) is 5.75 Å². The van der Waals surface area contributed by atoms with Crippen molar-refractivity contribution in [1.29, 1.82) is 0 Å². The van der Waals surface area contributed by atoms with Crippen molar-refractivity contribution in [3.63, 3.8) is 0 Å². The fraction of sp³-hybridized carbons (Fsp3) is 0.417. The number of halogens is 1. The minimum atomic E-state index is -1.05. The number of rotatable bonds is 7. The first kappa shape index (κ1) is 24.5. The number of hydrogen-bond acceptors (Lipinski definition) is 6. The molecule has 0 aliphatic heterocycles. The summed E-state index contributed by atoms with van der Waals surface area (Å²) in [6.45, 7) is 11.3. The van der Waals surface area contributed by atoms with E-state index in [1.165, 1.54) is 14.0 Å². The maximum atomic E-state index is 13.1. The van der Waals surface area contributed by atoms with Crippen molar-refractivity contribution in [2.75, 3.05) is 12.4 Å². The van der Waals surface area contributed by atoms with Crippen LogP contribution in [-0.2, 0) is 9.53 Å². The Labute approximate surface area is 198 Å². The molecule has 9 heteroatoms. The number of nitrogens with one attached hydrogen (secondary N) is 1. The number of pyridine rings is 1. The monoisotopic (exact) mass is 472 g/mol. The molecule has 0 saturated heterocycles. The van der Waals surface area contributed by atoms with Crippen LogP contribution in [-0.4, -0.2) is 39.9 Å². The summed E-state index contributed by atoms with van der Waals surface area (Å²) in [5.74, 6) is -0.598. The number of hydrogen-bond donors (Lipinski definition) is 1. The number of methoxy groups -OCH3 is 1. The summed E-state index contributed by atoms with van der Waals surface area (Å²) in [6, 6.07) is 5.10. The number of aryl methyl sites for hydroxylation is 1. The standard InChI is InChI=1S/C24H29ClN4O4/c1-12(2)19-9-16(17-11-26-29(13(3)4)22(17)27-19)24(31)33-15(6)23(30)28-20-8-14(5)18(25)10-21(20)32-7/h8-13,15H,1-7H3,(H,28,30). The van der Waals surface area contributed by atoms with Crippen molar-refractivity contribution in [1.82, 2.24) is 14.8 Å². The summed E-state index contributed by atoms with van der Waals surface area (Å²) in [4.78, 5) is 30.6. The number of anilines is 1. The molecule has 1 amide bonds. The molecule has 0 bridgehead atoms. The van der Waals surface area contributed by atoms with E-state index in [0.717, 1.165) is 11.3 Å². The number of carbonyl (C=O) groups excluding carboxylic acids is 2. The van der Waals surface area contributed by atoms with Crippen LogP contribution in [0.2, 0.25) is 5.02 Å². The highest BCUT2D eigenvalue weighted by Gasteiger charge is 2.24. The zero-order chi connectivity index (χ0) is 24.4. The Morgan fingerprint density at radius 3 is 2.42 bits per heavy atom. The van der Waals surface area contributed by atoms with Gasteiger partial charge in [0.25, 0.3) is 5.91 Å². The van der Waals surface area contributed by atoms with Crippen LogP contribution < -0.4 is 10.1 Å². The third kappa shape index (κ3) is 5.11. The molecule has 1 atom stereocenters. The van der Waals surface area contributed by atoms with E-state index in [1.807, 2.05) is 34.6 Å². The van der Waals surface area contributed by atoms with Crippen LogP contribution in [0.15, 0.2) is 24.4 Å². The van der Waals surface area contributed by atoms with Gasteiger partial charge in [-0.05, 0) is 51.3 Å². The lowest BCUT2D eigenvalue weighted by Gasteiger charge is -2.17. The van der Waals surface area contributed by atoms with Gasteiger partial charge >= 0.3 is 5.97 Å². The molecule has 3 rings (SSSR count). The molecule has 176 valence electrons. The van der Waals surface area contributed by atoms with Gasteiger partial charge in [-0.3, -0.25) is 4.79 Å². The average molecular weight is 473 g/mol. The number of amides is 1. The Morgan fingerprint density at radius 2 is 1.82 bits per heavy atom. The molecule has 1 N–H and O–H groups in total. The molecule has 2 aromatic heterocycles. The lowest BCUT2D eigenvalue weighted by molar-refractivity contribution is -0.123. The lowest BCUT2D eigenvalue weighted by atomic mass is 10.1. The Bertz CT molecular complexity index is 1200.